The van der Waals surface area contributed by atoms with Crippen molar-refractivity contribution in [3.8, 4) is 0 Å². The lowest BCUT2D eigenvalue weighted by Crippen LogP contribution is -2.51. The molecule has 2 atom stereocenters. The molecule has 1 aromatic heterocycles. The van der Waals surface area contributed by atoms with E-state index in [1.807, 2.05) is 18.2 Å². The number of rotatable bonds is 6. The number of fused-ring (bicyclic) bond motifs is 1. The summed E-state index contributed by atoms with van der Waals surface area (Å²) in [6.45, 7) is 2.06. The number of thiazole rings is 1. The molecular formula is C26H29F3N4O2S2. The zero-order valence-corrected chi connectivity index (χ0v) is 22.1. The number of aryl methyl sites for hydroxylation is 1. The first-order valence-corrected chi connectivity index (χ1v) is 14.8. The monoisotopic (exact) mass is 550 g/mol. The Bertz CT molecular complexity index is 1420. The molecule has 3 aromatic rings. The van der Waals surface area contributed by atoms with E-state index < -0.39 is 27.7 Å². The Morgan fingerprint density at radius 3 is 2.70 bits per heavy atom. The number of hydrogen-bond donors (Lipinski definition) is 1. The topological polar surface area (TPSA) is 77.4 Å². The molecule has 0 bridgehead atoms. The van der Waals surface area contributed by atoms with Gasteiger partial charge in [-0.25, -0.2) is 31.4 Å². The summed E-state index contributed by atoms with van der Waals surface area (Å²) in [5.41, 5.74) is 3.77. The summed E-state index contributed by atoms with van der Waals surface area (Å²) in [6, 6.07) is 8.57. The molecule has 1 aliphatic carbocycles. The fraction of sp³-hybridized carbons (Fsp3) is 0.462. The van der Waals surface area contributed by atoms with Crippen LogP contribution in [0.2, 0.25) is 0 Å². The smallest absolute Gasteiger partial charge is 0.248 e. The fourth-order valence-corrected chi connectivity index (χ4v) is 7.67. The first kappa shape index (κ1) is 26.1. The molecule has 1 saturated carbocycles. The molecule has 11 heteroatoms. The number of carbonyl (C=O) groups excluding carboxylic acids is 1. The van der Waals surface area contributed by atoms with Gasteiger partial charge in [0, 0.05) is 32.0 Å². The van der Waals surface area contributed by atoms with Gasteiger partial charge >= 0.3 is 0 Å². The maximum Gasteiger partial charge on any atom is 0.248 e. The fourth-order valence-electron chi connectivity index (χ4n) is 5.29. The molecule has 0 unspecified atom stereocenters. The van der Waals surface area contributed by atoms with Crippen LogP contribution in [0.25, 0.3) is 10.2 Å². The number of alkyl halides is 2. The minimum atomic E-state index is -3.63. The Kier molecular flexibility index (Phi) is 7.06. The predicted octanol–water partition coefficient (Wildman–Crippen LogP) is 6.14. The SMILES string of the molecule is Cc1ccc([S@](=N)(=O)N2CCC[C@H]2C(=O)N(Cc2ccc3scnc3c2)C2CCC(F)(F)CC2)cc1F. The van der Waals surface area contributed by atoms with E-state index in [2.05, 4.69) is 4.98 Å². The molecule has 1 N–H and O–H groups in total. The summed E-state index contributed by atoms with van der Waals surface area (Å²) in [4.78, 5) is 20.0. The van der Waals surface area contributed by atoms with Crippen molar-refractivity contribution in [2.24, 2.45) is 0 Å². The van der Waals surface area contributed by atoms with Crippen molar-refractivity contribution in [3.63, 3.8) is 0 Å². The van der Waals surface area contributed by atoms with Crippen LogP contribution >= 0.6 is 11.3 Å². The van der Waals surface area contributed by atoms with Gasteiger partial charge in [-0.05, 0) is 68.0 Å². The van der Waals surface area contributed by atoms with Crippen molar-refractivity contribution in [1.29, 1.82) is 4.78 Å². The van der Waals surface area contributed by atoms with Crippen molar-refractivity contribution >= 4 is 37.4 Å². The van der Waals surface area contributed by atoms with E-state index in [1.165, 1.54) is 27.8 Å². The minimum Gasteiger partial charge on any atom is -0.334 e. The van der Waals surface area contributed by atoms with E-state index in [-0.39, 0.29) is 55.6 Å². The Labute approximate surface area is 218 Å². The lowest BCUT2D eigenvalue weighted by atomic mass is 9.90. The second kappa shape index (κ2) is 9.99. The van der Waals surface area contributed by atoms with E-state index in [0.29, 0.717) is 18.4 Å². The van der Waals surface area contributed by atoms with Gasteiger partial charge < -0.3 is 4.90 Å². The highest BCUT2D eigenvalue weighted by atomic mass is 32.2. The average molecular weight is 551 g/mol. The number of benzene rings is 2. The quantitative estimate of drug-likeness (QED) is 0.401. The van der Waals surface area contributed by atoms with Crippen LogP contribution in [0.3, 0.4) is 0 Å². The molecule has 1 aliphatic heterocycles. The summed E-state index contributed by atoms with van der Waals surface area (Å²) >= 11 is 1.51. The number of nitrogens with zero attached hydrogens (tertiary/aromatic N) is 3. The van der Waals surface area contributed by atoms with Gasteiger partial charge in [-0.15, -0.1) is 11.3 Å². The number of aromatic nitrogens is 1. The number of amides is 1. The highest BCUT2D eigenvalue weighted by Crippen LogP contribution is 2.37. The van der Waals surface area contributed by atoms with Gasteiger partial charge in [0.2, 0.25) is 11.8 Å². The van der Waals surface area contributed by atoms with Crippen LogP contribution in [0.15, 0.2) is 46.8 Å². The third-order valence-corrected chi connectivity index (χ3v) is 10.2. The first-order valence-electron chi connectivity index (χ1n) is 12.4. The minimum absolute atomic E-state index is 0.0214. The molecular weight excluding hydrogens is 521 g/mol. The summed E-state index contributed by atoms with van der Waals surface area (Å²) in [6.07, 6.45) is 0.709. The molecule has 37 heavy (non-hydrogen) atoms. The molecule has 0 radical (unpaired) electrons. The number of nitrogens with one attached hydrogen (secondary N) is 1. The van der Waals surface area contributed by atoms with Crippen LogP contribution in [0.5, 0.6) is 0 Å². The van der Waals surface area contributed by atoms with Crippen LogP contribution in [-0.2, 0) is 21.3 Å². The molecule has 1 amide bonds. The van der Waals surface area contributed by atoms with Crippen LogP contribution < -0.4 is 0 Å². The Hall–Kier alpha value is -2.50. The number of hydrogen-bond acceptors (Lipinski definition) is 5. The van der Waals surface area contributed by atoms with Crippen LogP contribution in [0.1, 0.15) is 49.7 Å². The van der Waals surface area contributed by atoms with Crippen molar-refractivity contribution in [1.82, 2.24) is 14.2 Å². The van der Waals surface area contributed by atoms with Crippen molar-refractivity contribution in [2.45, 2.75) is 74.9 Å². The van der Waals surface area contributed by atoms with Crippen LogP contribution in [0.4, 0.5) is 13.2 Å². The lowest BCUT2D eigenvalue weighted by molar-refractivity contribution is -0.141. The predicted molar refractivity (Wildman–Crippen MR) is 137 cm³/mol. The van der Waals surface area contributed by atoms with Crippen molar-refractivity contribution in [2.75, 3.05) is 6.54 Å². The number of halogens is 3. The van der Waals surface area contributed by atoms with E-state index >= 15 is 0 Å². The van der Waals surface area contributed by atoms with E-state index in [0.717, 1.165) is 21.8 Å². The number of carbonyl (C=O) groups is 1. The van der Waals surface area contributed by atoms with Crippen LogP contribution in [-0.4, -0.2) is 48.9 Å². The molecule has 198 valence electrons. The summed E-state index contributed by atoms with van der Waals surface area (Å²) in [5.74, 6) is -3.62. The molecule has 5 rings (SSSR count). The van der Waals surface area contributed by atoms with Gasteiger partial charge in [0.05, 0.1) is 20.6 Å². The molecule has 2 aliphatic rings. The Balaban J connectivity index is 1.45. The Morgan fingerprint density at radius 1 is 1.22 bits per heavy atom. The zero-order valence-electron chi connectivity index (χ0n) is 20.5. The lowest BCUT2D eigenvalue weighted by Gasteiger charge is -2.39. The molecule has 1 saturated heterocycles. The summed E-state index contributed by atoms with van der Waals surface area (Å²) in [7, 11) is -3.63. The molecule has 6 nitrogen and oxygen atoms in total. The standard InChI is InChI=1S/C26H29F3N4O2S2/c1-17-4-6-20(14-21(17)27)37(30,35)33-12-2-3-23(33)25(34)32(19-8-10-26(28,29)11-9-19)15-18-5-7-24-22(13-18)31-16-36-24/h4-7,13-14,16,19,23,30H,2-3,8-12,15H2,1H3/t23-,37+/m0/s1. The summed E-state index contributed by atoms with van der Waals surface area (Å²) in [5, 5.41) is 0. The van der Waals surface area contributed by atoms with E-state index in [1.54, 1.807) is 17.3 Å². The Morgan fingerprint density at radius 2 is 1.97 bits per heavy atom. The zero-order chi connectivity index (χ0) is 26.4. The highest BCUT2D eigenvalue weighted by Gasteiger charge is 2.43. The van der Waals surface area contributed by atoms with Gasteiger partial charge in [-0.3, -0.25) is 4.79 Å². The second-order valence-corrected chi connectivity index (χ2v) is 12.8. The first-order chi connectivity index (χ1) is 17.5. The van der Waals surface area contributed by atoms with Crippen molar-refractivity contribution in [3.05, 3.63) is 58.9 Å². The molecule has 2 heterocycles. The largest absolute Gasteiger partial charge is 0.334 e. The van der Waals surface area contributed by atoms with Gasteiger partial charge in [-0.1, -0.05) is 12.1 Å². The summed E-state index contributed by atoms with van der Waals surface area (Å²) < 4.78 is 66.9. The third kappa shape index (κ3) is 5.26. The van der Waals surface area contributed by atoms with E-state index in [9.17, 15) is 22.2 Å². The maximum absolute atomic E-state index is 14.2. The van der Waals surface area contributed by atoms with Gasteiger partial charge in [0.15, 0.2) is 0 Å². The highest BCUT2D eigenvalue weighted by molar-refractivity contribution is 7.90. The van der Waals surface area contributed by atoms with Crippen LogP contribution in [0, 0.1) is 17.5 Å². The van der Waals surface area contributed by atoms with E-state index in [4.69, 9.17) is 4.78 Å². The third-order valence-electron chi connectivity index (χ3n) is 7.44. The maximum atomic E-state index is 14.2. The normalized spacial score (nSPS) is 22.2. The van der Waals surface area contributed by atoms with Gasteiger partial charge in [-0.2, -0.15) is 0 Å². The van der Waals surface area contributed by atoms with Gasteiger partial charge in [0.1, 0.15) is 21.8 Å². The van der Waals surface area contributed by atoms with Crippen molar-refractivity contribution < 1.29 is 22.2 Å². The molecule has 0 spiro atoms. The average Bonchev–Trinajstić information content (AvgIpc) is 3.54. The molecule has 2 aromatic carbocycles. The van der Waals surface area contributed by atoms with Gasteiger partial charge in [0.25, 0.3) is 0 Å². The molecule has 2 fully saturated rings. The second-order valence-electron chi connectivity index (χ2n) is 9.94.